The summed E-state index contributed by atoms with van der Waals surface area (Å²) >= 11 is 0. The zero-order valence-corrected chi connectivity index (χ0v) is 11.4. The SMILES string of the molecule is CCNCc1nc(C)ccc1OCC(C)CC. The smallest absolute Gasteiger partial charge is 0.142 e. The fraction of sp³-hybridized carbons (Fsp3) is 0.643. The lowest BCUT2D eigenvalue weighted by molar-refractivity contribution is 0.252. The highest BCUT2D eigenvalue weighted by molar-refractivity contribution is 5.29. The summed E-state index contributed by atoms with van der Waals surface area (Å²) in [6, 6.07) is 4.03. The van der Waals surface area contributed by atoms with Crippen LogP contribution in [0, 0.1) is 12.8 Å². The normalized spacial score (nSPS) is 12.5. The predicted molar refractivity (Wildman–Crippen MR) is 71.3 cm³/mol. The van der Waals surface area contributed by atoms with E-state index >= 15 is 0 Å². The number of rotatable bonds is 7. The van der Waals surface area contributed by atoms with Crippen LogP contribution in [0.25, 0.3) is 0 Å². The van der Waals surface area contributed by atoms with Gasteiger partial charge in [-0.2, -0.15) is 0 Å². The molecule has 0 aromatic carbocycles. The fourth-order valence-electron chi connectivity index (χ4n) is 1.45. The predicted octanol–water partition coefficient (Wildman–Crippen LogP) is 2.92. The summed E-state index contributed by atoms with van der Waals surface area (Å²) in [6.07, 6.45) is 1.14. The van der Waals surface area contributed by atoms with E-state index in [1.165, 1.54) is 0 Å². The first-order valence-corrected chi connectivity index (χ1v) is 6.47. The molecule has 0 bridgehead atoms. The molecule has 0 spiro atoms. The molecule has 1 heterocycles. The molecule has 1 N–H and O–H groups in total. The van der Waals surface area contributed by atoms with Crippen molar-refractivity contribution in [3.8, 4) is 5.75 Å². The summed E-state index contributed by atoms with van der Waals surface area (Å²) in [6.45, 7) is 11.0. The quantitative estimate of drug-likeness (QED) is 0.790. The van der Waals surface area contributed by atoms with E-state index in [1.807, 2.05) is 19.1 Å². The van der Waals surface area contributed by atoms with Crippen LogP contribution in [-0.4, -0.2) is 18.1 Å². The number of nitrogens with one attached hydrogen (secondary N) is 1. The fourth-order valence-corrected chi connectivity index (χ4v) is 1.45. The second kappa shape index (κ2) is 7.28. The van der Waals surface area contributed by atoms with Crippen LogP contribution in [0.2, 0.25) is 0 Å². The molecule has 1 unspecified atom stereocenters. The minimum absolute atomic E-state index is 0.586. The van der Waals surface area contributed by atoms with Crippen LogP contribution in [0.5, 0.6) is 5.75 Å². The summed E-state index contributed by atoms with van der Waals surface area (Å²) < 4.78 is 5.84. The van der Waals surface area contributed by atoms with E-state index in [9.17, 15) is 0 Å². The van der Waals surface area contributed by atoms with Crippen molar-refractivity contribution in [1.82, 2.24) is 10.3 Å². The van der Waals surface area contributed by atoms with Gasteiger partial charge in [-0.05, 0) is 31.5 Å². The Morgan fingerprint density at radius 1 is 1.35 bits per heavy atom. The average Bonchev–Trinajstić information content (AvgIpc) is 2.34. The molecule has 17 heavy (non-hydrogen) atoms. The van der Waals surface area contributed by atoms with Gasteiger partial charge in [-0.25, -0.2) is 0 Å². The number of pyridine rings is 1. The molecule has 1 rings (SSSR count). The van der Waals surface area contributed by atoms with Crippen LogP contribution in [-0.2, 0) is 6.54 Å². The first-order valence-electron chi connectivity index (χ1n) is 6.47. The maximum atomic E-state index is 5.84. The van der Waals surface area contributed by atoms with Crippen molar-refractivity contribution in [3.05, 3.63) is 23.5 Å². The number of hydrogen-bond acceptors (Lipinski definition) is 3. The molecular formula is C14H24N2O. The van der Waals surface area contributed by atoms with Gasteiger partial charge < -0.3 is 10.1 Å². The lowest BCUT2D eigenvalue weighted by Gasteiger charge is -2.14. The molecule has 96 valence electrons. The van der Waals surface area contributed by atoms with E-state index < -0.39 is 0 Å². The summed E-state index contributed by atoms with van der Waals surface area (Å²) in [4.78, 5) is 4.53. The Labute approximate surface area is 105 Å². The molecule has 0 aliphatic rings. The third-order valence-corrected chi connectivity index (χ3v) is 2.83. The van der Waals surface area contributed by atoms with Gasteiger partial charge in [-0.1, -0.05) is 27.2 Å². The third kappa shape index (κ3) is 4.73. The largest absolute Gasteiger partial charge is 0.491 e. The van der Waals surface area contributed by atoms with Crippen molar-refractivity contribution in [2.75, 3.05) is 13.2 Å². The van der Waals surface area contributed by atoms with Crippen LogP contribution in [0.1, 0.15) is 38.6 Å². The first-order chi connectivity index (χ1) is 8.17. The van der Waals surface area contributed by atoms with Crippen LogP contribution in [0.15, 0.2) is 12.1 Å². The third-order valence-electron chi connectivity index (χ3n) is 2.83. The highest BCUT2D eigenvalue weighted by atomic mass is 16.5. The Hall–Kier alpha value is -1.09. The first kappa shape index (κ1) is 14.0. The molecule has 3 nitrogen and oxygen atoms in total. The minimum Gasteiger partial charge on any atom is -0.491 e. The van der Waals surface area contributed by atoms with E-state index in [0.29, 0.717) is 5.92 Å². The number of hydrogen-bond donors (Lipinski definition) is 1. The Morgan fingerprint density at radius 2 is 2.12 bits per heavy atom. The van der Waals surface area contributed by atoms with Gasteiger partial charge in [0, 0.05) is 12.2 Å². The molecule has 0 aliphatic heterocycles. The molecule has 0 saturated heterocycles. The molecule has 3 heteroatoms. The zero-order chi connectivity index (χ0) is 12.7. The van der Waals surface area contributed by atoms with Gasteiger partial charge in [-0.3, -0.25) is 4.98 Å². The summed E-state index contributed by atoms with van der Waals surface area (Å²) in [5.74, 6) is 1.50. The van der Waals surface area contributed by atoms with E-state index in [2.05, 4.69) is 31.1 Å². The Morgan fingerprint density at radius 3 is 2.76 bits per heavy atom. The maximum absolute atomic E-state index is 5.84. The molecule has 0 saturated carbocycles. The second-order valence-electron chi connectivity index (χ2n) is 4.50. The number of aromatic nitrogens is 1. The van der Waals surface area contributed by atoms with Crippen molar-refractivity contribution in [1.29, 1.82) is 0 Å². The van der Waals surface area contributed by atoms with Crippen molar-refractivity contribution >= 4 is 0 Å². The van der Waals surface area contributed by atoms with Crippen LogP contribution in [0.3, 0.4) is 0 Å². The van der Waals surface area contributed by atoms with Gasteiger partial charge in [0.15, 0.2) is 0 Å². The monoisotopic (exact) mass is 236 g/mol. The molecule has 0 radical (unpaired) electrons. The van der Waals surface area contributed by atoms with Crippen molar-refractivity contribution in [2.24, 2.45) is 5.92 Å². The van der Waals surface area contributed by atoms with Crippen molar-refractivity contribution < 1.29 is 4.74 Å². The summed E-state index contributed by atoms with van der Waals surface area (Å²) in [7, 11) is 0. The molecule has 0 fully saturated rings. The minimum atomic E-state index is 0.586. The van der Waals surface area contributed by atoms with E-state index in [0.717, 1.165) is 43.3 Å². The molecule has 1 aromatic heterocycles. The summed E-state index contributed by atoms with van der Waals surface area (Å²) in [5, 5.41) is 3.29. The maximum Gasteiger partial charge on any atom is 0.142 e. The summed E-state index contributed by atoms with van der Waals surface area (Å²) in [5.41, 5.74) is 2.05. The highest BCUT2D eigenvalue weighted by Gasteiger charge is 2.07. The van der Waals surface area contributed by atoms with Crippen molar-refractivity contribution in [2.45, 2.75) is 40.7 Å². The van der Waals surface area contributed by atoms with E-state index in [1.54, 1.807) is 0 Å². The Kier molecular flexibility index (Phi) is 5.98. The number of nitrogens with zero attached hydrogens (tertiary/aromatic N) is 1. The lowest BCUT2D eigenvalue weighted by Crippen LogP contribution is -2.16. The second-order valence-corrected chi connectivity index (χ2v) is 4.50. The lowest BCUT2D eigenvalue weighted by atomic mass is 10.1. The van der Waals surface area contributed by atoms with Crippen molar-refractivity contribution in [3.63, 3.8) is 0 Å². The number of aryl methyl sites for hydroxylation is 1. The van der Waals surface area contributed by atoms with Crippen LogP contribution >= 0.6 is 0 Å². The highest BCUT2D eigenvalue weighted by Crippen LogP contribution is 2.18. The molecule has 1 aromatic rings. The van der Waals surface area contributed by atoms with Crippen LogP contribution < -0.4 is 10.1 Å². The Balaban J connectivity index is 2.68. The van der Waals surface area contributed by atoms with Gasteiger partial charge >= 0.3 is 0 Å². The van der Waals surface area contributed by atoms with Gasteiger partial charge in [0.1, 0.15) is 5.75 Å². The van der Waals surface area contributed by atoms with Gasteiger partial charge in [0.05, 0.1) is 12.3 Å². The van der Waals surface area contributed by atoms with E-state index in [4.69, 9.17) is 4.74 Å². The number of ether oxygens (including phenoxy) is 1. The van der Waals surface area contributed by atoms with Gasteiger partial charge in [0.2, 0.25) is 0 Å². The molecule has 1 atom stereocenters. The standard InChI is InChI=1S/C14H24N2O/c1-5-11(3)10-17-14-8-7-12(4)16-13(14)9-15-6-2/h7-8,11,15H,5-6,9-10H2,1-4H3. The topological polar surface area (TPSA) is 34.2 Å². The van der Waals surface area contributed by atoms with Gasteiger partial charge in [0.25, 0.3) is 0 Å². The van der Waals surface area contributed by atoms with E-state index in [-0.39, 0.29) is 0 Å². The Bertz CT molecular complexity index is 339. The molecule has 0 amide bonds. The van der Waals surface area contributed by atoms with Gasteiger partial charge in [-0.15, -0.1) is 0 Å². The average molecular weight is 236 g/mol. The zero-order valence-electron chi connectivity index (χ0n) is 11.4. The molecular weight excluding hydrogens is 212 g/mol. The molecule has 0 aliphatic carbocycles. The van der Waals surface area contributed by atoms with Crippen LogP contribution in [0.4, 0.5) is 0 Å².